The number of benzene rings is 1. The first-order valence-corrected chi connectivity index (χ1v) is 7.41. The second-order valence-electron chi connectivity index (χ2n) is 5.47. The summed E-state index contributed by atoms with van der Waals surface area (Å²) in [5, 5.41) is 6.55. The first-order chi connectivity index (χ1) is 9.14. The van der Waals surface area contributed by atoms with Crippen LogP contribution in [0.25, 0.3) is 0 Å². The van der Waals surface area contributed by atoms with E-state index in [1.807, 2.05) is 11.6 Å². The molecule has 19 heavy (non-hydrogen) atoms. The van der Waals surface area contributed by atoms with Crippen molar-refractivity contribution in [2.24, 2.45) is 0 Å². The van der Waals surface area contributed by atoms with E-state index in [9.17, 15) is 0 Å². The highest BCUT2D eigenvalue weighted by atomic mass is 32.1. The lowest BCUT2D eigenvalue weighted by Gasteiger charge is -2.18. The highest BCUT2D eigenvalue weighted by molar-refractivity contribution is 7.09. The molecule has 3 rings (SSSR count). The molecule has 0 aliphatic carbocycles. The minimum absolute atomic E-state index is 0.0757. The number of para-hydroxylation sites is 1. The Bertz CT molecular complexity index is 564. The molecule has 1 aliphatic heterocycles. The molecule has 3 nitrogen and oxygen atoms in total. The van der Waals surface area contributed by atoms with Crippen LogP contribution in [0.2, 0.25) is 0 Å². The summed E-state index contributed by atoms with van der Waals surface area (Å²) in [6.45, 7) is 5.91. The molecule has 0 saturated heterocycles. The van der Waals surface area contributed by atoms with Crippen LogP contribution in [0.4, 0.5) is 0 Å². The molecule has 4 heteroatoms. The minimum atomic E-state index is -0.0757. The van der Waals surface area contributed by atoms with Gasteiger partial charge in [-0.1, -0.05) is 18.2 Å². The lowest BCUT2D eigenvalue weighted by atomic mass is 10.0. The number of nitrogens with zero attached hydrogens (tertiary/aromatic N) is 1. The summed E-state index contributed by atoms with van der Waals surface area (Å²) in [5.41, 5.74) is 2.48. The molecule has 1 aliphatic rings. The molecule has 0 fully saturated rings. The summed E-state index contributed by atoms with van der Waals surface area (Å²) in [4.78, 5) is 4.27. The number of hydrogen-bond acceptors (Lipinski definition) is 4. The Morgan fingerprint density at radius 3 is 3.05 bits per heavy atom. The molecule has 2 heterocycles. The SMILES string of the molecule is CC1(C)Cc2cccc(CNCc3nccs3)c2O1. The molecule has 0 radical (unpaired) electrons. The van der Waals surface area contributed by atoms with Gasteiger partial charge in [0, 0.05) is 36.7 Å². The van der Waals surface area contributed by atoms with Crippen LogP contribution in [0, 0.1) is 0 Å². The Morgan fingerprint density at radius 2 is 2.26 bits per heavy atom. The van der Waals surface area contributed by atoms with Crippen LogP contribution in [0.15, 0.2) is 29.8 Å². The Balaban J connectivity index is 1.68. The van der Waals surface area contributed by atoms with Gasteiger partial charge in [-0.3, -0.25) is 0 Å². The smallest absolute Gasteiger partial charge is 0.127 e. The number of fused-ring (bicyclic) bond motifs is 1. The molecule has 1 aromatic carbocycles. The van der Waals surface area contributed by atoms with Crippen LogP contribution < -0.4 is 10.1 Å². The maximum Gasteiger partial charge on any atom is 0.127 e. The fraction of sp³-hybridized carbons (Fsp3) is 0.400. The highest BCUT2D eigenvalue weighted by Crippen LogP contribution is 2.37. The maximum absolute atomic E-state index is 6.06. The zero-order chi connectivity index (χ0) is 13.3. The zero-order valence-electron chi connectivity index (χ0n) is 11.3. The summed E-state index contributed by atoms with van der Waals surface area (Å²) in [7, 11) is 0. The summed E-state index contributed by atoms with van der Waals surface area (Å²) >= 11 is 1.68. The van der Waals surface area contributed by atoms with E-state index >= 15 is 0 Å². The predicted octanol–water partition coefficient (Wildman–Crippen LogP) is 3.15. The van der Waals surface area contributed by atoms with Crippen molar-refractivity contribution in [3.8, 4) is 5.75 Å². The van der Waals surface area contributed by atoms with Gasteiger partial charge in [0.1, 0.15) is 16.4 Å². The third kappa shape index (κ3) is 2.80. The molecule has 1 aromatic heterocycles. The highest BCUT2D eigenvalue weighted by Gasteiger charge is 2.31. The largest absolute Gasteiger partial charge is 0.487 e. The fourth-order valence-electron chi connectivity index (χ4n) is 2.46. The van der Waals surface area contributed by atoms with E-state index in [4.69, 9.17) is 4.74 Å². The molecule has 1 N–H and O–H groups in total. The Kier molecular flexibility index (Phi) is 3.29. The molecule has 0 unspecified atom stereocenters. The Labute approximate surface area is 117 Å². The normalized spacial score (nSPS) is 16.1. The van der Waals surface area contributed by atoms with Crippen molar-refractivity contribution < 1.29 is 4.74 Å². The minimum Gasteiger partial charge on any atom is -0.487 e. The fourth-order valence-corrected chi connectivity index (χ4v) is 3.05. The van der Waals surface area contributed by atoms with Gasteiger partial charge in [0.15, 0.2) is 0 Å². The molecular formula is C15H18N2OS. The van der Waals surface area contributed by atoms with Crippen LogP contribution in [-0.2, 0) is 19.5 Å². The summed E-state index contributed by atoms with van der Waals surface area (Å²) < 4.78 is 6.06. The second kappa shape index (κ2) is 4.94. The van der Waals surface area contributed by atoms with Crippen molar-refractivity contribution in [2.45, 2.75) is 39.0 Å². The number of aromatic nitrogens is 1. The average Bonchev–Trinajstić information content (AvgIpc) is 2.95. The van der Waals surface area contributed by atoms with Gasteiger partial charge < -0.3 is 10.1 Å². The maximum atomic E-state index is 6.06. The summed E-state index contributed by atoms with van der Waals surface area (Å²) in [5.74, 6) is 1.07. The van der Waals surface area contributed by atoms with Crippen LogP contribution in [-0.4, -0.2) is 10.6 Å². The van der Waals surface area contributed by atoms with Crippen molar-refractivity contribution in [2.75, 3.05) is 0 Å². The van der Waals surface area contributed by atoms with Gasteiger partial charge in [0.25, 0.3) is 0 Å². The number of thiazole rings is 1. The van der Waals surface area contributed by atoms with E-state index in [-0.39, 0.29) is 5.60 Å². The van der Waals surface area contributed by atoms with Crippen LogP contribution in [0.1, 0.15) is 30.0 Å². The molecule has 0 amide bonds. The molecule has 0 atom stereocenters. The average molecular weight is 274 g/mol. The van der Waals surface area contributed by atoms with Crippen molar-refractivity contribution in [3.63, 3.8) is 0 Å². The standard InChI is InChI=1S/C15H18N2OS/c1-15(2)8-11-4-3-5-12(14(11)18-15)9-16-10-13-17-6-7-19-13/h3-7,16H,8-10H2,1-2H3. The van der Waals surface area contributed by atoms with Crippen molar-refractivity contribution in [3.05, 3.63) is 45.9 Å². The van der Waals surface area contributed by atoms with Crippen molar-refractivity contribution in [1.82, 2.24) is 10.3 Å². The van der Waals surface area contributed by atoms with Crippen LogP contribution >= 0.6 is 11.3 Å². The van der Waals surface area contributed by atoms with Gasteiger partial charge in [-0.15, -0.1) is 11.3 Å². The topological polar surface area (TPSA) is 34.2 Å². The second-order valence-corrected chi connectivity index (χ2v) is 6.45. The monoisotopic (exact) mass is 274 g/mol. The van der Waals surface area contributed by atoms with Gasteiger partial charge in [-0.2, -0.15) is 0 Å². The lowest BCUT2D eigenvalue weighted by Crippen LogP contribution is -2.25. The molecule has 0 bridgehead atoms. The first kappa shape index (κ1) is 12.6. The predicted molar refractivity (Wildman–Crippen MR) is 77.5 cm³/mol. The summed E-state index contributed by atoms with van der Waals surface area (Å²) in [6.07, 6.45) is 2.83. The summed E-state index contributed by atoms with van der Waals surface area (Å²) in [6, 6.07) is 6.41. The zero-order valence-corrected chi connectivity index (χ0v) is 12.1. The third-order valence-corrected chi connectivity index (χ3v) is 4.03. The van der Waals surface area contributed by atoms with E-state index in [1.54, 1.807) is 11.3 Å². The van der Waals surface area contributed by atoms with E-state index in [2.05, 4.69) is 42.3 Å². The van der Waals surface area contributed by atoms with Crippen LogP contribution in [0.3, 0.4) is 0 Å². The number of hydrogen-bond donors (Lipinski definition) is 1. The van der Waals surface area contributed by atoms with Gasteiger partial charge >= 0.3 is 0 Å². The molecule has 0 spiro atoms. The van der Waals surface area contributed by atoms with E-state index in [0.29, 0.717) is 0 Å². The molecular weight excluding hydrogens is 256 g/mol. The van der Waals surface area contributed by atoms with E-state index < -0.39 is 0 Å². The molecule has 100 valence electrons. The third-order valence-electron chi connectivity index (χ3n) is 3.25. The molecule has 2 aromatic rings. The van der Waals surface area contributed by atoms with E-state index in [1.165, 1.54) is 11.1 Å². The number of rotatable bonds is 4. The Morgan fingerprint density at radius 1 is 1.37 bits per heavy atom. The van der Waals surface area contributed by atoms with Gasteiger partial charge in [0.05, 0.1) is 0 Å². The number of ether oxygens (including phenoxy) is 1. The first-order valence-electron chi connectivity index (χ1n) is 6.53. The Hall–Kier alpha value is -1.39. The van der Waals surface area contributed by atoms with Crippen molar-refractivity contribution in [1.29, 1.82) is 0 Å². The number of nitrogens with one attached hydrogen (secondary N) is 1. The van der Waals surface area contributed by atoms with Crippen LogP contribution in [0.5, 0.6) is 5.75 Å². The van der Waals surface area contributed by atoms with E-state index in [0.717, 1.165) is 30.3 Å². The van der Waals surface area contributed by atoms with Crippen molar-refractivity contribution >= 4 is 11.3 Å². The van der Waals surface area contributed by atoms with Gasteiger partial charge in [-0.05, 0) is 19.4 Å². The lowest BCUT2D eigenvalue weighted by molar-refractivity contribution is 0.137. The quantitative estimate of drug-likeness (QED) is 0.930. The van der Waals surface area contributed by atoms with Gasteiger partial charge in [0.2, 0.25) is 0 Å². The van der Waals surface area contributed by atoms with Gasteiger partial charge in [-0.25, -0.2) is 4.98 Å². The molecule has 0 saturated carbocycles.